The molecule has 5 nitrogen and oxygen atoms in total. The summed E-state index contributed by atoms with van der Waals surface area (Å²) in [5.74, 6) is 0.775. The lowest BCUT2D eigenvalue weighted by atomic mass is 10.3. The first kappa shape index (κ1) is 17.2. The molecule has 0 aliphatic heterocycles. The quantitative estimate of drug-likeness (QED) is 0.492. The molecule has 1 heterocycles. The number of ether oxygens (including phenoxy) is 1. The second-order valence-corrected chi connectivity index (χ2v) is 6.82. The van der Waals surface area contributed by atoms with Gasteiger partial charge in [-0.3, -0.25) is 4.79 Å². The fraction of sp³-hybridized carbons (Fsp3) is 0.143. The van der Waals surface area contributed by atoms with Gasteiger partial charge in [0.15, 0.2) is 6.61 Å². The zero-order valence-electron chi connectivity index (χ0n) is 11.4. The first-order chi connectivity index (χ1) is 10.5. The van der Waals surface area contributed by atoms with Crippen molar-refractivity contribution in [2.24, 2.45) is 5.10 Å². The molecule has 1 aromatic carbocycles. The van der Waals surface area contributed by atoms with E-state index in [9.17, 15) is 4.79 Å². The standard InChI is InChI=1S/C14H11Br3N2O3/c1-8(12-3-2-4-21-12)18-19-13(20)7-22-14-10(16)5-9(15)6-11(14)17/h2-6H,7H2,1H3,(H,19,20). The molecule has 0 atom stereocenters. The average Bonchev–Trinajstić information content (AvgIpc) is 2.97. The maximum Gasteiger partial charge on any atom is 0.277 e. The van der Waals surface area contributed by atoms with Crippen LogP contribution < -0.4 is 10.2 Å². The lowest BCUT2D eigenvalue weighted by Crippen LogP contribution is -2.25. The summed E-state index contributed by atoms with van der Waals surface area (Å²) >= 11 is 10.1. The van der Waals surface area contributed by atoms with Crippen LogP contribution in [0.2, 0.25) is 0 Å². The van der Waals surface area contributed by atoms with E-state index < -0.39 is 0 Å². The highest BCUT2D eigenvalue weighted by molar-refractivity contribution is 9.11. The maximum absolute atomic E-state index is 11.8. The summed E-state index contributed by atoms with van der Waals surface area (Å²) in [7, 11) is 0. The highest BCUT2D eigenvalue weighted by Gasteiger charge is 2.10. The minimum atomic E-state index is -0.368. The fourth-order valence-corrected chi connectivity index (χ4v) is 4.01. The Balaban J connectivity index is 1.92. The fourth-order valence-electron chi connectivity index (χ4n) is 1.52. The number of halogens is 3. The molecular formula is C14H11Br3N2O3. The number of amides is 1. The lowest BCUT2D eigenvalue weighted by molar-refractivity contribution is -0.123. The summed E-state index contributed by atoms with van der Waals surface area (Å²) in [4.78, 5) is 11.8. The van der Waals surface area contributed by atoms with Gasteiger partial charge < -0.3 is 9.15 Å². The second kappa shape index (κ2) is 7.94. The van der Waals surface area contributed by atoms with Crippen molar-refractivity contribution >= 4 is 59.4 Å². The number of rotatable bonds is 5. The van der Waals surface area contributed by atoms with Crippen LogP contribution in [0.4, 0.5) is 0 Å². The van der Waals surface area contributed by atoms with Gasteiger partial charge in [0.2, 0.25) is 0 Å². The van der Waals surface area contributed by atoms with Gasteiger partial charge in [-0.25, -0.2) is 5.43 Å². The van der Waals surface area contributed by atoms with E-state index in [0.29, 0.717) is 17.2 Å². The number of nitrogens with one attached hydrogen (secondary N) is 1. The summed E-state index contributed by atoms with van der Waals surface area (Å²) in [6.45, 7) is 1.58. The van der Waals surface area contributed by atoms with Crippen molar-refractivity contribution in [1.82, 2.24) is 5.43 Å². The van der Waals surface area contributed by atoms with Crippen LogP contribution in [0.5, 0.6) is 5.75 Å². The Hall–Kier alpha value is -1.12. The van der Waals surface area contributed by atoms with Crippen molar-refractivity contribution in [1.29, 1.82) is 0 Å². The molecule has 116 valence electrons. The van der Waals surface area contributed by atoms with Crippen LogP contribution in [-0.2, 0) is 4.79 Å². The molecule has 2 aromatic rings. The zero-order chi connectivity index (χ0) is 16.1. The average molecular weight is 495 g/mol. The van der Waals surface area contributed by atoms with Gasteiger partial charge >= 0.3 is 0 Å². The SMILES string of the molecule is CC(=NNC(=O)COc1c(Br)cc(Br)cc1Br)c1ccco1. The van der Waals surface area contributed by atoms with E-state index in [4.69, 9.17) is 9.15 Å². The molecule has 0 aliphatic carbocycles. The van der Waals surface area contributed by atoms with E-state index in [1.807, 2.05) is 12.1 Å². The van der Waals surface area contributed by atoms with Gasteiger partial charge in [-0.1, -0.05) is 15.9 Å². The van der Waals surface area contributed by atoms with E-state index in [2.05, 4.69) is 58.3 Å². The number of hydrazone groups is 1. The predicted octanol–water partition coefficient (Wildman–Crippen LogP) is 4.49. The van der Waals surface area contributed by atoms with Gasteiger partial charge in [0, 0.05) is 4.47 Å². The highest BCUT2D eigenvalue weighted by Crippen LogP contribution is 2.36. The van der Waals surface area contributed by atoms with E-state index in [1.165, 1.54) is 0 Å². The number of nitrogens with zero attached hydrogens (tertiary/aromatic N) is 1. The number of carbonyl (C=O) groups is 1. The van der Waals surface area contributed by atoms with Crippen molar-refractivity contribution in [2.45, 2.75) is 6.92 Å². The monoisotopic (exact) mass is 492 g/mol. The normalized spacial score (nSPS) is 11.4. The van der Waals surface area contributed by atoms with Crippen LogP contribution in [0, 0.1) is 0 Å². The van der Waals surface area contributed by atoms with Crippen LogP contribution in [0.25, 0.3) is 0 Å². The summed E-state index contributed by atoms with van der Waals surface area (Å²) in [5.41, 5.74) is 2.99. The van der Waals surface area contributed by atoms with Gasteiger partial charge in [-0.15, -0.1) is 0 Å². The maximum atomic E-state index is 11.8. The number of carbonyl (C=O) groups excluding carboxylic acids is 1. The van der Waals surface area contributed by atoms with Crippen molar-refractivity contribution in [3.8, 4) is 5.75 Å². The molecule has 0 saturated heterocycles. The third-order valence-electron chi connectivity index (χ3n) is 2.54. The van der Waals surface area contributed by atoms with Crippen LogP contribution in [0.1, 0.15) is 12.7 Å². The Bertz CT molecular complexity index is 676. The van der Waals surface area contributed by atoms with Crippen molar-refractivity contribution in [3.05, 3.63) is 49.7 Å². The minimum absolute atomic E-state index is 0.159. The number of hydrogen-bond acceptors (Lipinski definition) is 4. The van der Waals surface area contributed by atoms with Gasteiger partial charge in [-0.2, -0.15) is 5.10 Å². The molecule has 0 spiro atoms. The molecule has 2 rings (SSSR count). The molecule has 8 heteroatoms. The van der Waals surface area contributed by atoms with E-state index in [-0.39, 0.29) is 12.5 Å². The van der Waals surface area contributed by atoms with Gasteiger partial charge in [-0.05, 0) is 63.0 Å². The summed E-state index contributed by atoms with van der Waals surface area (Å²) in [5, 5.41) is 3.95. The summed E-state index contributed by atoms with van der Waals surface area (Å²) in [6.07, 6.45) is 1.54. The molecule has 1 N–H and O–H groups in total. The van der Waals surface area contributed by atoms with Gasteiger partial charge in [0.25, 0.3) is 5.91 Å². The zero-order valence-corrected chi connectivity index (χ0v) is 16.2. The molecule has 0 radical (unpaired) electrons. The molecule has 22 heavy (non-hydrogen) atoms. The highest BCUT2D eigenvalue weighted by atomic mass is 79.9. The molecule has 1 aromatic heterocycles. The topological polar surface area (TPSA) is 63.8 Å². The van der Waals surface area contributed by atoms with E-state index >= 15 is 0 Å². The van der Waals surface area contributed by atoms with Gasteiger partial charge in [0.1, 0.15) is 17.2 Å². The molecule has 0 unspecified atom stereocenters. The molecule has 0 fully saturated rings. The molecular weight excluding hydrogens is 484 g/mol. The van der Waals surface area contributed by atoms with Crippen molar-refractivity contribution in [3.63, 3.8) is 0 Å². The lowest BCUT2D eigenvalue weighted by Gasteiger charge is -2.10. The smallest absolute Gasteiger partial charge is 0.277 e. The van der Waals surface area contributed by atoms with E-state index in [1.54, 1.807) is 25.3 Å². The van der Waals surface area contributed by atoms with Crippen LogP contribution >= 0.6 is 47.8 Å². The largest absolute Gasteiger partial charge is 0.481 e. The van der Waals surface area contributed by atoms with Crippen LogP contribution in [-0.4, -0.2) is 18.2 Å². The van der Waals surface area contributed by atoms with Crippen LogP contribution in [0.15, 0.2) is 53.5 Å². The third kappa shape index (κ3) is 4.69. The Morgan fingerprint density at radius 2 is 2.00 bits per heavy atom. The Labute approximate surface area is 152 Å². The number of hydrogen-bond donors (Lipinski definition) is 1. The first-order valence-electron chi connectivity index (χ1n) is 6.11. The third-order valence-corrected chi connectivity index (χ3v) is 4.17. The van der Waals surface area contributed by atoms with Gasteiger partial charge in [0.05, 0.1) is 15.2 Å². The Kier molecular flexibility index (Phi) is 6.22. The summed E-state index contributed by atoms with van der Waals surface area (Å²) in [6, 6.07) is 7.17. The molecule has 0 aliphatic rings. The number of furan rings is 1. The molecule has 0 bridgehead atoms. The Morgan fingerprint density at radius 3 is 2.59 bits per heavy atom. The second-order valence-electron chi connectivity index (χ2n) is 4.20. The Morgan fingerprint density at radius 1 is 1.32 bits per heavy atom. The number of benzene rings is 1. The minimum Gasteiger partial charge on any atom is -0.481 e. The van der Waals surface area contributed by atoms with Crippen LogP contribution in [0.3, 0.4) is 0 Å². The molecule has 0 saturated carbocycles. The van der Waals surface area contributed by atoms with E-state index in [0.717, 1.165) is 13.4 Å². The first-order valence-corrected chi connectivity index (χ1v) is 8.49. The van der Waals surface area contributed by atoms with Crippen molar-refractivity contribution < 1.29 is 13.9 Å². The van der Waals surface area contributed by atoms with Crippen molar-refractivity contribution in [2.75, 3.05) is 6.61 Å². The summed E-state index contributed by atoms with van der Waals surface area (Å²) < 4.78 is 13.0. The predicted molar refractivity (Wildman–Crippen MR) is 94.1 cm³/mol. The molecule has 1 amide bonds.